The summed E-state index contributed by atoms with van der Waals surface area (Å²) >= 11 is 6.26. The number of anilines is 1. The van der Waals surface area contributed by atoms with Crippen LogP contribution >= 0.6 is 11.6 Å². The van der Waals surface area contributed by atoms with Crippen molar-refractivity contribution in [3.8, 4) is 0 Å². The van der Waals surface area contributed by atoms with Crippen LogP contribution in [0.3, 0.4) is 0 Å². The predicted octanol–water partition coefficient (Wildman–Crippen LogP) is 4.61. The number of hydrogen-bond donors (Lipinski definition) is 1. The van der Waals surface area contributed by atoms with Crippen LogP contribution in [0.2, 0.25) is 5.02 Å². The Kier molecular flexibility index (Phi) is 4.46. The molecule has 21 heavy (non-hydrogen) atoms. The highest BCUT2D eigenvalue weighted by atomic mass is 35.5. The molecule has 0 amide bonds. The third-order valence-electron chi connectivity index (χ3n) is 5.48. The van der Waals surface area contributed by atoms with Gasteiger partial charge in [-0.25, -0.2) is 0 Å². The molecule has 2 nitrogen and oxygen atoms in total. The van der Waals surface area contributed by atoms with Crippen molar-refractivity contribution < 1.29 is 0 Å². The summed E-state index contributed by atoms with van der Waals surface area (Å²) in [6, 6.07) is 7.13. The average molecular weight is 307 g/mol. The first-order valence-corrected chi connectivity index (χ1v) is 8.80. The number of nitrogens with zero attached hydrogens (tertiary/aromatic N) is 1. The SMILES string of the molecule is CCC1(CC)CCN(c2cc(Cl)ccc2CNC2CC2)C1. The summed E-state index contributed by atoms with van der Waals surface area (Å²) < 4.78 is 0. The van der Waals surface area contributed by atoms with E-state index >= 15 is 0 Å². The van der Waals surface area contributed by atoms with Crippen molar-refractivity contribution >= 4 is 17.3 Å². The third-order valence-corrected chi connectivity index (χ3v) is 5.72. The number of hydrogen-bond acceptors (Lipinski definition) is 2. The normalized spacial score (nSPS) is 21.0. The maximum Gasteiger partial charge on any atom is 0.0426 e. The fourth-order valence-corrected chi connectivity index (χ4v) is 3.66. The van der Waals surface area contributed by atoms with E-state index < -0.39 is 0 Å². The van der Waals surface area contributed by atoms with E-state index in [1.165, 1.54) is 56.4 Å². The zero-order valence-electron chi connectivity index (χ0n) is 13.3. The molecule has 3 heteroatoms. The summed E-state index contributed by atoms with van der Waals surface area (Å²) in [5, 5.41) is 4.49. The lowest BCUT2D eigenvalue weighted by Crippen LogP contribution is -2.27. The van der Waals surface area contributed by atoms with Crippen molar-refractivity contribution in [1.82, 2.24) is 5.32 Å². The van der Waals surface area contributed by atoms with E-state index in [0.29, 0.717) is 5.41 Å². The minimum absolute atomic E-state index is 0.503. The van der Waals surface area contributed by atoms with Crippen molar-refractivity contribution in [1.29, 1.82) is 0 Å². The van der Waals surface area contributed by atoms with Crippen LogP contribution in [-0.4, -0.2) is 19.1 Å². The third kappa shape index (κ3) is 3.37. The Balaban J connectivity index is 1.78. The number of halogens is 1. The molecule has 1 aliphatic carbocycles. The maximum absolute atomic E-state index is 6.26. The molecule has 0 unspecified atom stereocenters. The van der Waals surface area contributed by atoms with E-state index in [1.54, 1.807) is 0 Å². The van der Waals surface area contributed by atoms with Crippen molar-refractivity contribution in [2.45, 2.75) is 58.5 Å². The maximum atomic E-state index is 6.26. The van der Waals surface area contributed by atoms with Gasteiger partial charge < -0.3 is 10.2 Å². The molecule has 1 saturated carbocycles. The lowest BCUT2D eigenvalue weighted by atomic mass is 9.82. The molecule has 1 aliphatic heterocycles. The van der Waals surface area contributed by atoms with E-state index in [1.807, 2.05) is 6.07 Å². The summed E-state index contributed by atoms with van der Waals surface area (Å²) in [5.74, 6) is 0. The largest absolute Gasteiger partial charge is 0.371 e. The van der Waals surface area contributed by atoms with Gasteiger partial charge in [-0.3, -0.25) is 0 Å². The Morgan fingerprint density at radius 2 is 2.05 bits per heavy atom. The Morgan fingerprint density at radius 1 is 1.29 bits per heavy atom. The van der Waals surface area contributed by atoms with Crippen LogP contribution in [-0.2, 0) is 6.54 Å². The second kappa shape index (κ2) is 6.18. The van der Waals surface area contributed by atoms with Gasteiger partial charge in [0.05, 0.1) is 0 Å². The zero-order valence-corrected chi connectivity index (χ0v) is 14.0. The second-order valence-corrected chi connectivity index (χ2v) is 7.24. The van der Waals surface area contributed by atoms with Crippen LogP contribution in [0, 0.1) is 5.41 Å². The predicted molar refractivity (Wildman–Crippen MR) is 91.2 cm³/mol. The van der Waals surface area contributed by atoms with Crippen LogP contribution in [0.5, 0.6) is 0 Å². The monoisotopic (exact) mass is 306 g/mol. The molecule has 0 aromatic heterocycles. The van der Waals surface area contributed by atoms with E-state index in [-0.39, 0.29) is 0 Å². The summed E-state index contributed by atoms with van der Waals surface area (Å²) in [6.07, 6.45) is 6.53. The molecule has 0 radical (unpaired) electrons. The van der Waals surface area contributed by atoms with Crippen molar-refractivity contribution in [3.63, 3.8) is 0 Å². The first kappa shape index (κ1) is 15.2. The fraction of sp³-hybridized carbons (Fsp3) is 0.667. The Bertz CT molecular complexity index is 492. The average Bonchev–Trinajstić information content (AvgIpc) is 3.23. The van der Waals surface area contributed by atoms with E-state index in [2.05, 4.69) is 36.2 Å². The van der Waals surface area contributed by atoms with E-state index in [9.17, 15) is 0 Å². The van der Waals surface area contributed by atoms with Crippen molar-refractivity contribution in [3.05, 3.63) is 28.8 Å². The second-order valence-electron chi connectivity index (χ2n) is 6.81. The first-order valence-electron chi connectivity index (χ1n) is 8.42. The smallest absolute Gasteiger partial charge is 0.0426 e. The molecule has 3 rings (SSSR count). The quantitative estimate of drug-likeness (QED) is 0.825. The van der Waals surface area contributed by atoms with Gasteiger partial charge in [0, 0.05) is 36.4 Å². The molecule has 1 aromatic carbocycles. The molecule has 0 bridgehead atoms. The van der Waals surface area contributed by atoms with Gasteiger partial charge in [-0.1, -0.05) is 31.5 Å². The minimum Gasteiger partial charge on any atom is -0.371 e. The summed E-state index contributed by atoms with van der Waals surface area (Å²) in [6.45, 7) is 7.98. The molecular formula is C18H27ClN2. The van der Waals surface area contributed by atoms with Crippen molar-refractivity contribution in [2.24, 2.45) is 5.41 Å². The van der Waals surface area contributed by atoms with Gasteiger partial charge in [-0.2, -0.15) is 0 Å². The van der Waals surface area contributed by atoms with Crippen LogP contribution in [0.25, 0.3) is 0 Å². The van der Waals surface area contributed by atoms with E-state index in [4.69, 9.17) is 11.6 Å². The molecular weight excluding hydrogens is 280 g/mol. The lowest BCUT2D eigenvalue weighted by Gasteiger charge is -2.28. The summed E-state index contributed by atoms with van der Waals surface area (Å²) in [4.78, 5) is 2.56. The standard InChI is InChI=1S/C18H27ClN2/c1-3-18(4-2)9-10-21(13-18)17-11-15(19)6-5-14(17)12-20-16-7-8-16/h5-6,11,16,20H,3-4,7-10,12-13H2,1-2H3. The van der Waals surface area contributed by atoms with Gasteiger partial charge in [0.2, 0.25) is 0 Å². The highest BCUT2D eigenvalue weighted by molar-refractivity contribution is 6.30. The lowest BCUT2D eigenvalue weighted by molar-refractivity contribution is 0.301. The number of rotatable bonds is 6. The Labute approximate surface area is 133 Å². The van der Waals surface area contributed by atoms with Gasteiger partial charge in [0.15, 0.2) is 0 Å². The molecule has 1 N–H and O–H groups in total. The van der Waals surface area contributed by atoms with Crippen LogP contribution < -0.4 is 10.2 Å². The number of nitrogens with one attached hydrogen (secondary N) is 1. The minimum atomic E-state index is 0.503. The van der Waals surface area contributed by atoms with Crippen LogP contribution in [0.1, 0.15) is 51.5 Å². The highest BCUT2D eigenvalue weighted by Crippen LogP contribution is 2.40. The molecule has 1 heterocycles. The summed E-state index contributed by atoms with van der Waals surface area (Å²) in [5.41, 5.74) is 3.25. The summed E-state index contributed by atoms with van der Waals surface area (Å²) in [7, 11) is 0. The Hall–Kier alpha value is -0.730. The van der Waals surface area contributed by atoms with Gasteiger partial charge >= 0.3 is 0 Å². The molecule has 1 saturated heterocycles. The fourth-order valence-electron chi connectivity index (χ4n) is 3.49. The Morgan fingerprint density at radius 3 is 2.67 bits per heavy atom. The molecule has 0 spiro atoms. The number of benzene rings is 1. The van der Waals surface area contributed by atoms with Crippen LogP contribution in [0.15, 0.2) is 18.2 Å². The molecule has 2 fully saturated rings. The molecule has 2 aliphatic rings. The van der Waals surface area contributed by atoms with Crippen LogP contribution in [0.4, 0.5) is 5.69 Å². The van der Waals surface area contributed by atoms with Crippen molar-refractivity contribution in [2.75, 3.05) is 18.0 Å². The van der Waals surface area contributed by atoms with Gasteiger partial charge in [-0.05, 0) is 55.2 Å². The molecule has 0 atom stereocenters. The topological polar surface area (TPSA) is 15.3 Å². The van der Waals surface area contributed by atoms with Gasteiger partial charge in [0.1, 0.15) is 0 Å². The zero-order chi connectivity index (χ0) is 14.9. The highest BCUT2D eigenvalue weighted by Gasteiger charge is 2.35. The van der Waals surface area contributed by atoms with Gasteiger partial charge in [0.25, 0.3) is 0 Å². The molecule has 116 valence electrons. The van der Waals surface area contributed by atoms with Gasteiger partial charge in [-0.15, -0.1) is 0 Å². The first-order chi connectivity index (χ1) is 10.2. The molecule has 1 aromatic rings. The van der Waals surface area contributed by atoms with E-state index in [0.717, 1.165) is 17.6 Å².